The number of ether oxygens (including phenoxy) is 4. The summed E-state index contributed by atoms with van der Waals surface area (Å²) >= 11 is 0. The maximum absolute atomic E-state index is 14.1. The lowest BCUT2D eigenvalue weighted by Crippen LogP contribution is -2.67. The highest BCUT2D eigenvalue weighted by Gasteiger charge is 2.52. The van der Waals surface area contributed by atoms with Gasteiger partial charge in [-0.1, -0.05) is 119 Å². The third kappa shape index (κ3) is 22.7. The summed E-state index contributed by atoms with van der Waals surface area (Å²) in [5, 5.41) is 2.89. The molecule has 1 saturated heterocycles. The monoisotopic (exact) mass is 891 g/mol. The van der Waals surface area contributed by atoms with Crippen LogP contribution in [0.1, 0.15) is 135 Å². The number of benzene rings is 2. The first-order chi connectivity index (χ1) is 29.0. The van der Waals surface area contributed by atoms with Crippen LogP contribution < -0.4 is 5.32 Å². The summed E-state index contributed by atoms with van der Waals surface area (Å²) in [5.74, 6) is -1.62. The van der Waals surface area contributed by atoms with E-state index >= 15 is 0 Å². The van der Waals surface area contributed by atoms with Gasteiger partial charge in [-0.15, -0.1) is 0 Å². The van der Waals surface area contributed by atoms with E-state index < -0.39 is 79.6 Å². The summed E-state index contributed by atoms with van der Waals surface area (Å²) in [6.45, 7) is 11.2. The first-order valence-electron chi connectivity index (χ1n) is 22.4. The Kier molecular flexibility index (Phi) is 23.8. The molecule has 3 rings (SSSR count). The van der Waals surface area contributed by atoms with Gasteiger partial charge in [0.2, 0.25) is 5.91 Å². The van der Waals surface area contributed by atoms with E-state index in [0.717, 1.165) is 36.8 Å². The van der Waals surface area contributed by atoms with Crippen LogP contribution in [0.3, 0.4) is 0 Å². The smallest absolute Gasteiger partial charge is 0.397 e. The zero-order chi connectivity index (χ0) is 44.7. The van der Waals surface area contributed by atoms with Crippen molar-refractivity contribution in [2.75, 3.05) is 6.61 Å². The van der Waals surface area contributed by atoms with Crippen molar-refractivity contribution in [2.45, 2.75) is 192 Å². The van der Waals surface area contributed by atoms with Gasteiger partial charge in [0.25, 0.3) is 0 Å². The number of carbonyl (C=O) groups is 3. The van der Waals surface area contributed by atoms with Crippen LogP contribution in [-0.2, 0) is 65.2 Å². The number of rotatable bonds is 29. The first kappa shape index (κ1) is 52.2. The van der Waals surface area contributed by atoms with Crippen LogP contribution in [0.4, 0.5) is 0 Å². The van der Waals surface area contributed by atoms with Gasteiger partial charge >= 0.3 is 22.3 Å². The average Bonchev–Trinajstić information content (AvgIpc) is 3.18. The highest BCUT2D eigenvalue weighted by molar-refractivity contribution is 7.80. The summed E-state index contributed by atoms with van der Waals surface area (Å²) in [7, 11) is -7.07. The fourth-order valence-electron chi connectivity index (χ4n) is 7.26. The molecule has 1 amide bonds. The topological polar surface area (TPSA) is 173 Å². The van der Waals surface area contributed by atoms with E-state index in [0.29, 0.717) is 32.1 Å². The number of hydrogen-bond donors (Lipinski definition) is 2. The van der Waals surface area contributed by atoms with Gasteiger partial charge in [0.05, 0.1) is 18.6 Å². The second-order valence-corrected chi connectivity index (χ2v) is 20.7. The molecule has 2 aromatic carbocycles. The van der Waals surface area contributed by atoms with Gasteiger partial charge in [0, 0.05) is 12.8 Å². The molecule has 6 atom stereocenters. The standard InChI is InChI=1S/C46H73NO12SSi/c1-7-8-9-10-11-12-13-14-21-30-37(55-40(49)31-22-28-35-24-17-15-18-25-35)33-39(48)47-42-44(57-41(50)32-23-29-36-26-19-16-20-27-36)43(58-60(51,52)53)38(34-54-46(2,3)4)56-45(42)59-61(5)6/h15-20,24-27,37-38,42-45,61H,7-14,21-23,28-34H2,1-6H3,(H,47,48)(H,51,52,53)/t37?,38-,42-,43-,44-,45?/m1/s1. The Balaban J connectivity index is 1.84. The largest absolute Gasteiger partial charge is 0.462 e. The molecular weight excluding hydrogens is 819 g/mol. The molecule has 61 heavy (non-hydrogen) atoms. The number of esters is 2. The normalized spacial score (nSPS) is 20.0. The molecule has 0 saturated carbocycles. The number of amides is 1. The molecule has 0 bridgehead atoms. The molecule has 1 aliphatic rings. The maximum atomic E-state index is 14.1. The van der Waals surface area contributed by atoms with Crippen LogP contribution in [0.15, 0.2) is 60.7 Å². The van der Waals surface area contributed by atoms with Crippen LogP contribution in [0.25, 0.3) is 0 Å². The minimum absolute atomic E-state index is 0.0276. The Bertz CT molecular complexity index is 1660. The number of nitrogens with one attached hydrogen (secondary N) is 1. The Morgan fingerprint density at radius 2 is 1.33 bits per heavy atom. The van der Waals surface area contributed by atoms with E-state index in [9.17, 15) is 27.4 Å². The molecular formula is C46H73NO12SSi. The van der Waals surface area contributed by atoms with E-state index in [2.05, 4.69) is 12.2 Å². The second kappa shape index (κ2) is 27.8. The Morgan fingerprint density at radius 1 is 0.787 bits per heavy atom. The lowest BCUT2D eigenvalue weighted by molar-refractivity contribution is -0.254. The molecule has 1 aliphatic heterocycles. The zero-order valence-electron chi connectivity index (χ0n) is 37.4. The number of carbonyl (C=O) groups excluding carboxylic acids is 3. The molecule has 2 N–H and O–H groups in total. The molecule has 0 radical (unpaired) electrons. The van der Waals surface area contributed by atoms with Gasteiger partial charge in [-0.3, -0.25) is 18.9 Å². The molecule has 0 spiro atoms. The number of aryl methyl sites for hydroxylation is 2. The highest BCUT2D eigenvalue weighted by atomic mass is 32.3. The van der Waals surface area contributed by atoms with Crippen molar-refractivity contribution >= 4 is 37.3 Å². The average molecular weight is 892 g/mol. The lowest BCUT2D eigenvalue weighted by Gasteiger charge is -2.46. The second-order valence-electron chi connectivity index (χ2n) is 17.3. The highest BCUT2D eigenvalue weighted by Crippen LogP contribution is 2.30. The lowest BCUT2D eigenvalue weighted by atomic mass is 9.96. The van der Waals surface area contributed by atoms with Crippen LogP contribution >= 0.6 is 0 Å². The molecule has 2 aromatic rings. The predicted octanol–water partition coefficient (Wildman–Crippen LogP) is 8.38. The van der Waals surface area contributed by atoms with E-state index in [-0.39, 0.29) is 25.9 Å². The molecule has 15 heteroatoms. The van der Waals surface area contributed by atoms with Gasteiger partial charge in [0.1, 0.15) is 24.4 Å². The quantitative estimate of drug-likeness (QED) is 0.0346. The van der Waals surface area contributed by atoms with Crippen molar-refractivity contribution in [1.29, 1.82) is 0 Å². The summed E-state index contributed by atoms with van der Waals surface area (Å²) in [6, 6.07) is 18.2. The van der Waals surface area contributed by atoms with Gasteiger partial charge in [-0.2, -0.15) is 8.42 Å². The predicted molar refractivity (Wildman–Crippen MR) is 238 cm³/mol. The molecule has 0 aliphatic carbocycles. The summed E-state index contributed by atoms with van der Waals surface area (Å²) in [5.41, 5.74) is 1.46. The van der Waals surface area contributed by atoms with Gasteiger partial charge in [-0.05, 0) is 83.5 Å². The van der Waals surface area contributed by atoms with E-state index in [1.165, 1.54) is 32.1 Å². The summed E-state index contributed by atoms with van der Waals surface area (Å²) in [6.07, 6.45) is 6.40. The Hall–Kier alpha value is -3.18. The third-order valence-electron chi connectivity index (χ3n) is 10.3. The van der Waals surface area contributed by atoms with Gasteiger partial charge in [-0.25, -0.2) is 4.18 Å². The van der Waals surface area contributed by atoms with Crippen LogP contribution in [0.5, 0.6) is 0 Å². The van der Waals surface area contributed by atoms with Crippen molar-refractivity contribution in [2.24, 2.45) is 0 Å². The zero-order valence-corrected chi connectivity index (χ0v) is 39.4. The molecule has 1 heterocycles. The first-order valence-corrected chi connectivity index (χ1v) is 26.5. The van der Waals surface area contributed by atoms with Crippen LogP contribution in [0, 0.1) is 0 Å². The SMILES string of the molecule is CCCCCCCCCCCC(CC(=O)N[C@H]1C(O[SiH](C)C)O[C@H](COC(C)(C)C)[C@@H](OS(=O)(=O)O)[C@@H]1OC(=O)CCCc1ccccc1)OC(=O)CCCc1ccccc1. The summed E-state index contributed by atoms with van der Waals surface area (Å²) in [4.78, 5) is 40.9. The van der Waals surface area contributed by atoms with Gasteiger partial charge in [0.15, 0.2) is 21.4 Å². The van der Waals surface area contributed by atoms with Gasteiger partial charge < -0.3 is 28.7 Å². The molecule has 344 valence electrons. The Labute approximate surface area is 367 Å². The molecule has 0 aromatic heterocycles. The van der Waals surface area contributed by atoms with Crippen LogP contribution in [-0.4, -0.2) is 88.8 Å². The summed E-state index contributed by atoms with van der Waals surface area (Å²) < 4.78 is 70.4. The molecule has 2 unspecified atom stereocenters. The minimum Gasteiger partial charge on any atom is -0.462 e. The van der Waals surface area contributed by atoms with Crippen molar-refractivity contribution < 1.29 is 54.9 Å². The van der Waals surface area contributed by atoms with E-state index in [1.807, 2.05) is 73.8 Å². The van der Waals surface area contributed by atoms with Crippen molar-refractivity contribution in [3.63, 3.8) is 0 Å². The van der Waals surface area contributed by atoms with E-state index in [4.69, 9.17) is 27.6 Å². The minimum atomic E-state index is -5.14. The molecule has 13 nitrogen and oxygen atoms in total. The van der Waals surface area contributed by atoms with Crippen LogP contribution in [0.2, 0.25) is 13.1 Å². The maximum Gasteiger partial charge on any atom is 0.397 e. The fraction of sp³-hybridized carbons (Fsp3) is 0.674. The fourth-order valence-corrected chi connectivity index (χ4v) is 8.54. The number of unbranched alkanes of at least 4 members (excludes halogenated alkanes) is 8. The van der Waals surface area contributed by atoms with E-state index in [1.54, 1.807) is 20.8 Å². The Morgan fingerprint density at radius 3 is 1.85 bits per heavy atom. The molecule has 1 fully saturated rings. The van der Waals surface area contributed by atoms with Crippen molar-refractivity contribution in [1.82, 2.24) is 5.32 Å². The van der Waals surface area contributed by atoms with Crippen molar-refractivity contribution in [3.05, 3.63) is 71.8 Å². The third-order valence-corrected chi connectivity index (χ3v) is 11.6. The van der Waals surface area contributed by atoms with Crippen molar-refractivity contribution in [3.8, 4) is 0 Å². The number of hydrogen-bond acceptors (Lipinski definition) is 11.